The fourth-order valence-corrected chi connectivity index (χ4v) is 2.27. The number of esters is 1. The van der Waals surface area contributed by atoms with Crippen molar-refractivity contribution in [3.8, 4) is 0 Å². The van der Waals surface area contributed by atoms with Gasteiger partial charge in [-0.05, 0) is 32.0 Å². The predicted molar refractivity (Wildman–Crippen MR) is 77.2 cm³/mol. The Balaban J connectivity index is 1.88. The number of carbonyl (C=O) groups is 2. The van der Waals surface area contributed by atoms with E-state index in [-0.39, 0.29) is 17.5 Å². The minimum absolute atomic E-state index is 0.0135. The first-order chi connectivity index (χ1) is 10.4. The minimum atomic E-state index is -1.08. The molecule has 0 aliphatic carbocycles. The van der Waals surface area contributed by atoms with Crippen LogP contribution in [0.15, 0.2) is 30.6 Å². The summed E-state index contributed by atoms with van der Waals surface area (Å²) in [5.74, 6) is -1.15. The molecule has 1 aliphatic rings. The van der Waals surface area contributed by atoms with Crippen LogP contribution in [-0.4, -0.2) is 27.0 Å². The van der Waals surface area contributed by atoms with Crippen molar-refractivity contribution in [2.45, 2.75) is 19.4 Å². The van der Waals surface area contributed by atoms with Crippen molar-refractivity contribution in [2.75, 3.05) is 5.32 Å². The number of ether oxygens (including phenoxy) is 1. The Morgan fingerprint density at radius 1 is 1.27 bits per heavy atom. The van der Waals surface area contributed by atoms with Crippen LogP contribution in [0.1, 0.15) is 40.1 Å². The molecule has 0 atom stereocenters. The summed E-state index contributed by atoms with van der Waals surface area (Å²) >= 11 is 0. The first kappa shape index (κ1) is 14.0. The highest BCUT2D eigenvalue weighted by atomic mass is 16.6. The zero-order valence-corrected chi connectivity index (χ0v) is 12.0. The molecular weight excluding hydrogens is 286 g/mol. The van der Waals surface area contributed by atoms with Crippen molar-refractivity contribution in [1.29, 1.82) is 0 Å². The van der Waals surface area contributed by atoms with Gasteiger partial charge in [-0.3, -0.25) is 0 Å². The van der Waals surface area contributed by atoms with Gasteiger partial charge in [-0.25, -0.2) is 19.6 Å². The standard InChI is InChI=1S/C15H13N3O4/c1-15(2)11-5-9(3-4-10(11)13(21)22-15)18-14-16-6-8(7-17-14)12(19)20/h3-7H,1-2H3,(H,19,20)(H,16,17,18). The molecule has 7 nitrogen and oxygen atoms in total. The molecule has 1 aromatic heterocycles. The Morgan fingerprint density at radius 2 is 1.95 bits per heavy atom. The number of aromatic carboxylic acids is 1. The lowest BCUT2D eigenvalue weighted by Crippen LogP contribution is -2.16. The minimum Gasteiger partial charge on any atom is -0.478 e. The summed E-state index contributed by atoms with van der Waals surface area (Å²) in [6.45, 7) is 3.64. The van der Waals surface area contributed by atoms with Crippen LogP contribution in [0.4, 0.5) is 11.6 Å². The number of benzene rings is 1. The molecule has 2 N–H and O–H groups in total. The molecule has 3 rings (SSSR count). The number of hydrogen-bond donors (Lipinski definition) is 2. The molecule has 0 spiro atoms. The van der Waals surface area contributed by atoms with Crippen LogP contribution in [0.2, 0.25) is 0 Å². The maximum Gasteiger partial charge on any atom is 0.339 e. The van der Waals surface area contributed by atoms with Crippen LogP contribution < -0.4 is 5.32 Å². The van der Waals surface area contributed by atoms with E-state index in [2.05, 4.69) is 15.3 Å². The normalized spacial score (nSPS) is 15.1. The van der Waals surface area contributed by atoms with Gasteiger partial charge in [0.2, 0.25) is 5.95 Å². The molecule has 0 amide bonds. The van der Waals surface area contributed by atoms with E-state index in [4.69, 9.17) is 9.84 Å². The van der Waals surface area contributed by atoms with Gasteiger partial charge in [-0.1, -0.05) is 0 Å². The molecular formula is C15H13N3O4. The average molecular weight is 299 g/mol. The van der Waals surface area contributed by atoms with Crippen molar-refractivity contribution in [2.24, 2.45) is 0 Å². The molecule has 0 radical (unpaired) electrons. The first-order valence-corrected chi connectivity index (χ1v) is 6.57. The van der Waals surface area contributed by atoms with Crippen LogP contribution in [0, 0.1) is 0 Å². The Kier molecular flexibility index (Phi) is 3.05. The van der Waals surface area contributed by atoms with Gasteiger partial charge in [0.15, 0.2) is 0 Å². The lowest BCUT2D eigenvalue weighted by molar-refractivity contribution is 0.00953. The molecule has 2 heterocycles. The number of anilines is 2. The topological polar surface area (TPSA) is 101 Å². The van der Waals surface area contributed by atoms with Gasteiger partial charge in [0.05, 0.1) is 11.1 Å². The fraction of sp³-hybridized carbons (Fsp3) is 0.200. The van der Waals surface area contributed by atoms with Crippen LogP contribution in [0.3, 0.4) is 0 Å². The number of carbonyl (C=O) groups excluding carboxylic acids is 1. The maximum absolute atomic E-state index is 11.7. The quantitative estimate of drug-likeness (QED) is 0.838. The summed E-state index contributed by atoms with van der Waals surface area (Å²) < 4.78 is 5.30. The van der Waals surface area contributed by atoms with E-state index in [1.807, 2.05) is 13.8 Å². The average Bonchev–Trinajstić information content (AvgIpc) is 2.69. The molecule has 0 bridgehead atoms. The Hall–Kier alpha value is -2.96. The number of nitrogens with one attached hydrogen (secondary N) is 1. The number of aromatic nitrogens is 2. The van der Waals surface area contributed by atoms with Gasteiger partial charge in [-0.15, -0.1) is 0 Å². The Morgan fingerprint density at radius 3 is 2.59 bits per heavy atom. The molecule has 0 saturated heterocycles. The van der Waals surface area contributed by atoms with E-state index in [1.54, 1.807) is 18.2 Å². The van der Waals surface area contributed by atoms with Crippen molar-refractivity contribution in [1.82, 2.24) is 9.97 Å². The predicted octanol–water partition coefficient (Wildman–Crippen LogP) is 2.32. The smallest absolute Gasteiger partial charge is 0.339 e. The number of fused-ring (bicyclic) bond motifs is 1. The van der Waals surface area contributed by atoms with Gasteiger partial charge in [0.25, 0.3) is 0 Å². The van der Waals surface area contributed by atoms with Gasteiger partial charge in [0.1, 0.15) is 5.60 Å². The van der Waals surface area contributed by atoms with Crippen LogP contribution in [-0.2, 0) is 10.3 Å². The second kappa shape index (κ2) is 4.80. The molecule has 7 heteroatoms. The summed E-state index contributed by atoms with van der Waals surface area (Å²) in [5.41, 5.74) is 1.34. The van der Waals surface area contributed by atoms with Crippen molar-refractivity contribution in [3.05, 3.63) is 47.3 Å². The number of carboxylic acid groups (broad SMARTS) is 1. The molecule has 22 heavy (non-hydrogen) atoms. The molecule has 112 valence electrons. The van der Waals surface area contributed by atoms with E-state index in [1.165, 1.54) is 12.4 Å². The summed E-state index contributed by atoms with van der Waals surface area (Å²) in [6.07, 6.45) is 2.45. The zero-order valence-electron chi connectivity index (χ0n) is 12.0. The van der Waals surface area contributed by atoms with Gasteiger partial charge in [-0.2, -0.15) is 0 Å². The van der Waals surface area contributed by atoms with Gasteiger partial charge < -0.3 is 15.2 Å². The van der Waals surface area contributed by atoms with Crippen LogP contribution >= 0.6 is 0 Å². The van der Waals surface area contributed by atoms with E-state index < -0.39 is 11.6 Å². The van der Waals surface area contributed by atoms with Gasteiger partial charge in [0, 0.05) is 23.6 Å². The lowest BCUT2D eigenvalue weighted by atomic mass is 9.95. The summed E-state index contributed by atoms with van der Waals surface area (Å²) in [5, 5.41) is 11.8. The number of nitrogens with zero attached hydrogens (tertiary/aromatic N) is 2. The number of cyclic esters (lactones) is 1. The molecule has 0 saturated carbocycles. The van der Waals surface area contributed by atoms with E-state index >= 15 is 0 Å². The Labute approximate surface area is 126 Å². The monoisotopic (exact) mass is 299 g/mol. The fourth-order valence-electron chi connectivity index (χ4n) is 2.27. The number of rotatable bonds is 3. The second-order valence-corrected chi connectivity index (χ2v) is 5.39. The molecule has 1 aromatic carbocycles. The third-order valence-electron chi connectivity index (χ3n) is 3.39. The van der Waals surface area contributed by atoms with Gasteiger partial charge >= 0.3 is 11.9 Å². The third kappa shape index (κ3) is 2.37. The first-order valence-electron chi connectivity index (χ1n) is 6.57. The number of carboxylic acids is 1. The highest BCUT2D eigenvalue weighted by Gasteiger charge is 2.37. The van der Waals surface area contributed by atoms with Crippen molar-refractivity contribution >= 4 is 23.6 Å². The molecule has 1 aliphatic heterocycles. The van der Waals surface area contributed by atoms with E-state index in [0.717, 1.165) is 5.56 Å². The van der Waals surface area contributed by atoms with Crippen molar-refractivity contribution in [3.63, 3.8) is 0 Å². The highest BCUT2D eigenvalue weighted by Crippen LogP contribution is 2.37. The largest absolute Gasteiger partial charge is 0.478 e. The third-order valence-corrected chi connectivity index (χ3v) is 3.39. The molecule has 0 fully saturated rings. The van der Waals surface area contributed by atoms with Crippen LogP contribution in [0.5, 0.6) is 0 Å². The Bertz CT molecular complexity index is 769. The van der Waals surface area contributed by atoms with Crippen LogP contribution in [0.25, 0.3) is 0 Å². The lowest BCUT2D eigenvalue weighted by Gasteiger charge is -2.18. The maximum atomic E-state index is 11.7. The number of hydrogen-bond acceptors (Lipinski definition) is 6. The zero-order chi connectivity index (χ0) is 15.9. The molecule has 0 unspecified atom stereocenters. The SMILES string of the molecule is CC1(C)OC(=O)c2ccc(Nc3ncc(C(=O)O)cn3)cc21. The summed E-state index contributed by atoms with van der Waals surface area (Å²) in [4.78, 5) is 30.4. The highest BCUT2D eigenvalue weighted by molar-refractivity contribution is 5.95. The van der Waals surface area contributed by atoms with Crippen molar-refractivity contribution < 1.29 is 19.4 Å². The van der Waals surface area contributed by atoms with E-state index in [0.29, 0.717) is 11.3 Å². The molecule has 2 aromatic rings. The summed E-state index contributed by atoms with van der Waals surface area (Å²) in [7, 11) is 0. The second-order valence-electron chi connectivity index (χ2n) is 5.39. The van der Waals surface area contributed by atoms with E-state index in [9.17, 15) is 9.59 Å². The summed E-state index contributed by atoms with van der Waals surface area (Å²) in [6, 6.07) is 5.20.